The second-order valence-electron chi connectivity index (χ2n) is 5.28. The van der Waals surface area contributed by atoms with Crippen LogP contribution in [0.25, 0.3) is 0 Å². The molecule has 0 aliphatic rings. The molecular weight excluding hydrogens is 269 g/mol. The lowest BCUT2D eigenvalue weighted by Gasteiger charge is -2.18. The molecule has 2 rings (SSSR count). The summed E-state index contributed by atoms with van der Waals surface area (Å²) in [6.45, 7) is 9.22. The van der Waals surface area contributed by atoms with E-state index >= 15 is 0 Å². The van der Waals surface area contributed by atoms with Crippen molar-refractivity contribution in [1.82, 2.24) is 5.32 Å². The number of rotatable bonds is 5. The van der Waals surface area contributed by atoms with Gasteiger partial charge in [0.2, 0.25) is 0 Å². The molecule has 3 heteroatoms. The summed E-state index contributed by atoms with van der Waals surface area (Å²) in [6, 6.07) is 7.81. The van der Waals surface area contributed by atoms with Gasteiger partial charge in [-0.15, -0.1) is 11.3 Å². The van der Waals surface area contributed by atoms with E-state index in [0.717, 1.165) is 18.5 Å². The molecule has 1 N–H and O–H groups in total. The molecule has 0 spiro atoms. The minimum absolute atomic E-state index is 0.137. The largest absolute Gasteiger partial charge is 0.306 e. The number of hydrogen-bond donors (Lipinski definition) is 1. The van der Waals surface area contributed by atoms with Gasteiger partial charge in [-0.25, -0.2) is 4.39 Å². The minimum Gasteiger partial charge on any atom is -0.306 e. The first kappa shape index (κ1) is 15.2. The van der Waals surface area contributed by atoms with Gasteiger partial charge in [0.05, 0.1) is 6.04 Å². The zero-order valence-electron chi connectivity index (χ0n) is 12.6. The van der Waals surface area contributed by atoms with Gasteiger partial charge in [0.1, 0.15) is 5.82 Å². The van der Waals surface area contributed by atoms with Crippen molar-refractivity contribution in [2.24, 2.45) is 0 Å². The lowest BCUT2D eigenvalue weighted by molar-refractivity contribution is 0.595. The molecule has 1 aromatic heterocycles. The van der Waals surface area contributed by atoms with Gasteiger partial charge in [-0.2, -0.15) is 0 Å². The Labute approximate surface area is 124 Å². The Morgan fingerprint density at radius 3 is 2.45 bits per heavy atom. The van der Waals surface area contributed by atoms with E-state index < -0.39 is 0 Å². The van der Waals surface area contributed by atoms with Crippen molar-refractivity contribution >= 4 is 11.3 Å². The van der Waals surface area contributed by atoms with Gasteiger partial charge >= 0.3 is 0 Å². The van der Waals surface area contributed by atoms with Crippen molar-refractivity contribution in [1.29, 1.82) is 0 Å². The molecular formula is C17H22FNS. The highest BCUT2D eigenvalue weighted by Gasteiger charge is 2.17. The van der Waals surface area contributed by atoms with Crippen molar-refractivity contribution in [3.8, 4) is 0 Å². The summed E-state index contributed by atoms with van der Waals surface area (Å²) in [6.07, 6.45) is 1.08. The molecule has 1 nitrogen and oxygen atoms in total. The van der Waals surface area contributed by atoms with Gasteiger partial charge in [0.25, 0.3) is 0 Å². The van der Waals surface area contributed by atoms with Crippen LogP contribution in [0.4, 0.5) is 4.39 Å². The first-order chi connectivity index (χ1) is 9.52. The van der Waals surface area contributed by atoms with Gasteiger partial charge < -0.3 is 5.32 Å². The van der Waals surface area contributed by atoms with E-state index in [-0.39, 0.29) is 11.9 Å². The predicted octanol–water partition coefficient (Wildman–Crippen LogP) is 4.90. The summed E-state index contributed by atoms with van der Waals surface area (Å²) in [5.41, 5.74) is 3.17. The summed E-state index contributed by atoms with van der Waals surface area (Å²) in [7, 11) is 0. The summed E-state index contributed by atoms with van der Waals surface area (Å²) >= 11 is 1.82. The molecule has 0 aliphatic heterocycles. The Morgan fingerprint density at radius 2 is 1.90 bits per heavy atom. The Morgan fingerprint density at radius 1 is 1.15 bits per heavy atom. The highest BCUT2D eigenvalue weighted by atomic mass is 32.1. The maximum Gasteiger partial charge on any atom is 0.126 e. The maximum atomic E-state index is 13.5. The summed E-state index contributed by atoms with van der Waals surface area (Å²) in [5, 5.41) is 3.58. The number of aryl methyl sites for hydroxylation is 3. The van der Waals surface area contributed by atoms with Crippen LogP contribution >= 0.6 is 11.3 Å². The van der Waals surface area contributed by atoms with Gasteiger partial charge in [-0.05, 0) is 62.6 Å². The molecule has 0 radical (unpaired) electrons. The van der Waals surface area contributed by atoms with E-state index in [1.165, 1.54) is 15.3 Å². The predicted molar refractivity (Wildman–Crippen MR) is 85.1 cm³/mol. The van der Waals surface area contributed by atoms with Crippen molar-refractivity contribution in [3.05, 3.63) is 56.5 Å². The van der Waals surface area contributed by atoms with Crippen LogP contribution in [0.3, 0.4) is 0 Å². The molecule has 0 bridgehead atoms. The van der Waals surface area contributed by atoms with Gasteiger partial charge in [0.15, 0.2) is 0 Å². The molecule has 1 heterocycles. The third-order valence-electron chi connectivity index (χ3n) is 3.58. The van der Waals surface area contributed by atoms with Crippen LogP contribution in [-0.4, -0.2) is 6.54 Å². The summed E-state index contributed by atoms with van der Waals surface area (Å²) in [4.78, 5) is 2.65. The second-order valence-corrected chi connectivity index (χ2v) is 6.57. The van der Waals surface area contributed by atoms with E-state index in [9.17, 15) is 4.39 Å². The van der Waals surface area contributed by atoms with Crippen LogP contribution in [0.5, 0.6) is 0 Å². The minimum atomic E-state index is -0.137. The molecule has 2 aromatic rings. The lowest BCUT2D eigenvalue weighted by Crippen LogP contribution is -2.22. The van der Waals surface area contributed by atoms with Crippen molar-refractivity contribution in [2.75, 3.05) is 6.54 Å². The fourth-order valence-corrected chi connectivity index (χ4v) is 3.41. The van der Waals surface area contributed by atoms with E-state index in [1.54, 1.807) is 6.07 Å². The van der Waals surface area contributed by atoms with Crippen LogP contribution in [0.1, 0.15) is 45.8 Å². The quantitative estimate of drug-likeness (QED) is 0.826. The number of hydrogen-bond acceptors (Lipinski definition) is 2. The Kier molecular flexibility index (Phi) is 4.95. The summed E-state index contributed by atoms with van der Waals surface area (Å²) < 4.78 is 13.5. The first-order valence-electron chi connectivity index (χ1n) is 7.09. The van der Waals surface area contributed by atoms with Crippen LogP contribution in [0.15, 0.2) is 24.3 Å². The second kappa shape index (κ2) is 6.51. The molecule has 1 unspecified atom stereocenters. The zero-order chi connectivity index (χ0) is 14.7. The molecule has 1 atom stereocenters. The van der Waals surface area contributed by atoms with Crippen molar-refractivity contribution in [3.63, 3.8) is 0 Å². The standard InChI is InChI=1S/C17H22FNS/c1-5-8-19-17(16-10-11(2)13(4)20-16)14-6-7-15(18)12(3)9-14/h6-7,9-10,17,19H,5,8H2,1-4H3. The number of benzene rings is 1. The van der Waals surface area contributed by atoms with Crippen LogP contribution < -0.4 is 5.32 Å². The smallest absolute Gasteiger partial charge is 0.126 e. The monoisotopic (exact) mass is 291 g/mol. The Hall–Kier alpha value is -1.19. The fourth-order valence-electron chi connectivity index (χ4n) is 2.26. The number of nitrogens with one attached hydrogen (secondary N) is 1. The van der Waals surface area contributed by atoms with E-state index in [0.29, 0.717) is 5.56 Å². The average molecular weight is 291 g/mol. The molecule has 0 saturated carbocycles. The normalized spacial score (nSPS) is 12.7. The molecule has 0 aliphatic carbocycles. The van der Waals surface area contributed by atoms with Gasteiger partial charge in [-0.3, -0.25) is 0 Å². The Bertz CT molecular complexity index is 569. The molecule has 20 heavy (non-hydrogen) atoms. The first-order valence-corrected chi connectivity index (χ1v) is 7.91. The average Bonchev–Trinajstić information content (AvgIpc) is 2.74. The number of thiophene rings is 1. The Balaban J connectivity index is 2.38. The molecule has 0 saturated heterocycles. The third kappa shape index (κ3) is 3.28. The number of halogens is 1. The van der Waals surface area contributed by atoms with E-state index in [2.05, 4.69) is 32.2 Å². The van der Waals surface area contributed by atoms with Gasteiger partial charge in [0, 0.05) is 9.75 Å². The third-order valence-corrected chi connectivity index (χ3v) is 4.80. The van der Waals surface area contributed by atoms with E-state index in [1.807, 2.05) is 30.4 Å². The van der Waals surface area contributed by atoms with Crippen LogP contribution in [-0.2, 0) is 0 Å². The van der Waals surface area contributed by atoms with Crippen molar-refractivity contribution in [2.45, 2.75) is 40.2 Å². The van der Waals surface area contributed by atoms with Crippen molar-refractivity contribution < 1.29 is 4.39 Å². The SMILES string of the molecule is CCCNC(c1ccc(F)c(C)c1)c1cc(C)c(C)s1. The highest BCUT2D eigenvalue weighted by molar-refractivity contribution is 7.12. The molecule has 108 valence electrons. The molecule has 0 fully saturated rings. The summed E-state index contributed by atoms with van der Waals surface area (Å²) in [5.74, 6) is -0.137. The van der Waals surface area contributed by atoms with Crippen LogP contribution in [0, 0.1) is 26.6 Å². The maximum absolute atomic E-state index is 13.5. The van der Waals surface area contributed by atoms with Gasteiger partial charge in [-0.1, -0.05) is 19.1 Å². The zero-order valence-corrected chi connectivity index (χ0v) is 13.4. The fraction of sp³-hybridized carbons (Fsp3) is 0.412. The molecule has 0 amide bonds. The highest BCUT2D eigenvalue weighted by Crippen LogP contribution is 2.31. The van der Waals surface area contributed by atoms with Crippen LogP contribution in [0.2, 0.25) is 0 Å². The van der Waals surface area contributed by atoms with E-state index in [4.69, 9.17) is 0 Å². The molecule has 1 aromatic carbocycles. The topological polar surface area (TPSA) is 12.0 Å². The lowest BCUT2D eigenvalue weighted by atomic mass is 10.0.